The molecule has 4 atom stereocenters. The normalized spacial score (nSPS) is 15.5. The second-order valence-electron chi connectivity index (χ2n) is 7.95. The highest BCUT2D eigenvalue weighted by molar-refractivity contribution is 6.31. The Kier molecular flexibility index (Phi) is 9.55. The van der Waals surface area contributed by atoms with Crippen LogP contribution in [0.3, 0.4) is 0 Å². The Morgan fingerprint density at radius 1 is 1.20 bits per heavy atom. The number of primary amides is 1. The molecule has 1 rings (SSSR count). The Morgan fingerprint density at radius 3 is 2.40 bits per heavy atom. The molecule has 9 heteroatoms. The van der Waals surface area contributed by atoms with E-state index in [1.165, 1.54) is 0 Å². The summed E-state index contributed by atoms with van der Waals surface area (Å²) in [5, 5.41) is 19.5. The first-order valence-corrected chi connectivity index (χ1v) is 10.3. The molecule has 6 N–H and O–H groups in total. The fraction of sp³-hybridized carbons (Fsp3) is 0.571. The first-order valence-electron chi connectivity index (χ1n) is 10.4. The van der Waals surface area contributed by atoms with E-state index in [2.05, 4.69) is 16.0 Å². The van der Waals surface area contributed by atoms with Crippen molar-refractivity contribution < 1.29 is 20.9 Å². The van der Waals surface area contributed by atoms with Gasteiger partial charge < -0.3 is 26.8 Å². The molecule has 1 aromatic carbocycles. The molecule has 168 valence electrons. The third-order valence-corrected chi connectivity index (χ3v) is 5.09. The minimum Gasteiger partial charge on any atom is -0.386 e. The predicted molar refractivity (Wildman–Crippen MR) is 117 cm³/mol. The van der Waals surface area contributed by atoms with Crippen molar-refractivity contribution >= 4 is 29.3 Å². The molecule has 3 amide bonds. The van der Waals surface area contributed by atoms with E-state index in [0.717, 1.165) is 5.56 Å². The van der Waals surface area contributed by atoms with Gasteiger partial charge in [-0.1, -0.05) is 37.6 Å². The fourth-order valence-electron chi connectivity index (χ4n) is 3.02. The van der Waals surface area contributed by atoms with Gasteiger partial charge in [-0.2, -0.15) is 0 Å². The highest BCUT2D eigenvalue weighted by Gasteiger charge is 2.33. The number of likely N-dealkylation sites (N-methyl/N-ethyl adjacent to an activating group) is 1. The number of aliphatic hydroxyl groups excluding tert-OH is 1. The second-order valence-corrected chi connectivity index (χ2v) is 8.35. The van der Waals surface area contributed by atoms with Gasteiger partial charge in [-0.05, 0) is 50.4 Å². The summed E-state index contributed by atoms with van der Waals surface area (Å²) in [6.45, 7) is 7.36. The number of hydrogen-bond acceptors (Lipinski definition) is 5. The zero-order chi connectivity index (χ0) is 23.7. The summed E-state index contributed by atoms with van der Waals surface area (Å²) in [5.74, 6) is -1.40. The van der Waals surface area contributed by atoms with Gasteiger partial charge in [-0.3, -0.25) is 14.4 Å². The van der Waals surface area contributed by atoms with E-state index in [-0.39, 0.29) is 12.3 Å². The highest BCUT2D eigenvalue weighted by Crippen LogP contribution is 2.24. The molecule has 0 aliphatic heterocycles. The Morgan fingerprint density at radius 2 is 1.87 bits per heavy atom. The summed E-state index contributed by atoms with van der Waals surface area (Å²) in [7, 11) is 1.65. The number of nitrogens with two attached hydrogens (primary N) is 1. The summed E-state index contributed by atoms with van der Waals surface area (Å²) in [5.41, 5.74) is 2.93. The molecule has 0 aliphatic carbocycles. The Bertz CT molecular complexity index is 778. The van der Waals surface area contributed by atoms with Crippen LogP contribution in [0.25, 0.3) is 0 Å². The van der Waals surface area contributed by atoms with Crippen LogP contribution in [0.5, 0.6) is 0 Å². The molecule has 0 aliphatic rings. The average molecular weight is 443 g/mol. The van der Waals surface area contributed by atoms with Gasteiger partial charge in [0.15, 0.2) is 1.41 Å². The van der Waals surface area contributed by atoms with Crippen molar-refractivity contribution in [3.05, 3.63) is 34.3 Å². The largest absolute Gasteiger partial charge is 0.386 e. The molecular weight excluding hydrogens is 408 g/mol. The highest BCUT2D eigenvalue weighted by atomic mass is 35.5. The van der Waals surface area contributed by atoms with Gasteiger partial charge in [0.1, 0.15) is 12.1 Å². The van der Waals surface area contributed by atoms with E-state index >= 15 is 0 Å². The van der Waals surface area contributed by atoms with Gasteiger partial charge >= 0.3 is 0 Å². The zero-order valence-electron chi connectivity index (χ0n) is 19.1. The number of amides is 3. The topological polar surface area (TPSA) is 134 Å². The van der Waals surface area contributed by atoms with Gasteiger partial charge in [-0.15, -0.1) is 0 Å². The summed E-state index contributed by atoms with van der Waals surface area (Å²) >= 11 is 6.16. The van der Waals surface area contributed by atoms with E-state index in [1.54, 1.807) is 37.9 Å². The lowest BCUT2D eigenvalue weighted by atomic mass is 9.98. The maximum Gasteiger partial charge on any atom is 0.245 e. The van der Waals surface area contributed by atoms with Crippen molar-refractivity contribution in [1.29, 1.82) is 0 Å². The van der Waals surface area contributed by atoms with Gasteiger partial charge in [-0.25, -0.2) is 0 Å². The number of carbonyl (C=O) groups is 3. The number of halogens is 1. The third-order valence-electron chi connectivity index (χ3n) is 4.69. The van der Waals surface area contributed by atoms with Crippen LogP contribution in [0.2, 0.25) is 6.43 Å². The molecule has 0 saturated carbocycles. The van der Waals surface area contributed by atoms with Crippen LogP contribution < -0.4 is 21.7 Å². The monoisotopic (exact) mass is 442 g/mol. The minimum atomic E-state index is -1.36. The van der Waals surface area contributed by atoms with Gasteiger partial charge in [0.05, 0.1) is 6.04 Å². The summed E-state index contributed by atoms with van der Waals surface area (Å²) in [4.78, 5) is 37.2. The van der Waals surface area contributed by atoms with Gasteiger partial charge in [0, 0.05) is 17.5 Å². The lowest BCUT2D eigenvalue weighted by Crippen LogP contribution is -2.56. The van der Waals surface area contributed by atoms with Crippen molar-refractivity contribution in [2.24, 2.45) is 11.6 Å². The van der Waals surface area contributed by atoms with Crippen molar-refractivity contribution in [3.8, 4) is 0 Å². The molecule has 8 nitrogen and oxygen atoms in total. The molecule has 1 aromatic rings. The minimum absolute atomic E-state index is 0.116. The van der Waals surface area contributed by atoms with Crippen LogP contribution in [0, 0.1) is 12.8 Å². The van der Waals surface area contributed by atoms with Crippen LogP contribution >= 0.6 is 11.6 Å². The maximum absolute atomic E-state index is 12.9. The van der Waals surface area contributed by atoms with E-state index in [9.17, 15) is 19.5 Å². The average Bonchev–Trinajstić information content (AvgIpc) is 2.70. The lowest BCUT2D eigenvalue weighted by Gasteiger charge is -2.28. The molecule has 0 heterocycles. The van der Waals surface area contributed by atoms with Crippen LogP contribution in [-0.4, -0.2) is 48.0 Å². The van der Waals surface area contributed by atoms with E-state index in [0.29, 0.717) is 17.0 Å². The van der Waals surface area contributed by atoms with Crippen LogP contribution in [0.1, 0.15) is 50.8 Å². The first kappa shape index (κ1) is 24.1. The Labute approximate surface area is 184 Å². The lowest BCUT2D eigenvalue weighted by molar-refractivity contribution is -0.133. The number of carbonyl (C=O) groups excluding carboxylic acids is 3. The van der Waals surface area contributed by atoms with Crippen LogP contribution in [0.15, 0.2) is 18.2 Å². The molecule has 0 radical (unpaired) electrons. The smallest absolute Gasteiger partial charge is 0.245 e. The van der Waals surface area contributed by atoms with Crippen molar-refractivity contribution in [2.45, 2.75) is 64.8 Å². The number of aryl methyl sites for hydroxylation is 1. The Hall–Kier alpha value is -2.16. The summed E-state index contributed by atoms with van der Waals surface area (Å²) in [6.07, 6.45) is -0.936. The number of aliphatic hydroxyl groups is 1. The SMILES string of the molecule is [3H]NC(=O)C[C@@H](C)NC(=O)[C@H](NC(=O)[C@@H](CC(C)C)NC)[C@H](O)c1ccc(C)c(Cl)c1. The number of hydrogen-bond donors (Lipinski definition) is 5. The van der Waals surface area contributed by atoms with Gasteiger partial charge in [0.25, 0.3) is 0 Å². The Balaban J connectivity index is 3.12. The van der Waals surface area contributed by atoms with Gasteiger partial charge in [0.2, 0.25) is 17.7 Å². The summed E-state index contributed by atoms with van der Waals surface area (Å²) < 4.78 is 6.87. The molecule has 30 heavy (non-hydrogen) atoms. The van der Waals surface area contributed by atoms with Crippen molar-refractivity contribution in [3.63, 3.8) is 0 Å². The van der Waals surface area contributed by atoms with Crippen molar-refractivity contribution in [1.82, 2.24) is 16.0 Å². The quantitative estimate of drug-likeness (QED) is 0.351. The number of rotatable bonds is 11. The van der Waals surface area contributed by atoms with Crippen molar-refractivity contribution in [2.75, 3.05) is 7.05 Å². The molecule has 0 aromatic heterocycles. The second kappa shape index (κ2) is 11.9. The molecule has 0 spiro atoms. The molecule has 0 saturated heterocycles. The van der Waals surface area contributed by atoms with E-state index in [1.807, 2.05) is 20.8 Å². The first-order chi connectivity index (χ1) is 14.5. The predicted octanol–water partition coefficient (Wildman–Crippen LogP) is 1.18. The number of benzene rings is 1. The molecule has 0 unspecified atom stereocenters. The number of nitrogens with one attached hydrogen (secondary N) is 3. The van der Waals surface area contributed by atoms with E-state index in [4.69, 9.17) is 13.0 Å². The third kappa shape index (κ3) is 7.93. The molecular formula is C21H33ClN4O4. The van der Waals surface area contributed by atoms with Crippen LogP contribution in [-0.2, 0) is 14.4 Å². The zero-order valence-corrected chi connectivity index (χ0v) is 18.8. The molecule has 0 fully saturated rings. The van der Waals surface area contributed by atoms with E-state index < -0.39 is 42.0 Å². The maximum atomic E-state index is 12.9. The standard InChI is InChI=1S/C21H33ClN4O4/c1-11(2)8-16(24-5)20(29)26-18(21(30)25-13(4)9-17(23)27)19(28)14-7-6-12(3)15(22)10-14/h6-7,10-11,13,16,18-19,24,28H,8-9H2,1-5H3,(H2,23,27)(H,25,30)(H,26,29)/t13-,16-,18-,19-/m1/s1/i/hT. The summed E-state index contributed by atoms with van der Waals surface area (Å²) in [6, 6.07) is 2.44. The van der Waals surface area contributed by atoms with Crippen LogP contribution in [0.4, 0.5) is 0 Å². The molecule has 0 bridgehead atoms. The fourth-order valence-corrected chi connectivity index (χ4v) is 3.21.